The van der Waals surface area contributed by atoms with Gasteiger partial charge in [-0.15, -0.1) is 0 Å². The molecule has 0 fully saturated rings. The number of carboxylic acids is 2. The van der Waals surface area contributed by atoms with E-state index in [0.717, 1.165) is 0 Å². The van der Waals surface area contributed by atoms with Gasteiger partial charge in [-0.2, -0.15) is 0 Å². The maximum Gasteiger partial charge on any atom is 0.0716 e. The molecule has 0 radical (unpaired) electrons. The zero-order valence-corrected chi connectivity index (χ0v) is 9.15. The average Bonchev–Trinajstić information content (AvgIpc) is 2.41. The van der Waals surface area contributed by atoms with Crippen LogP contribution in [0.5, 0.6) is 0 Å². The van der Waals surface area contributed by atoms with E-state index in [0.29, 0.717) is 0 Å². The van der Waals surface area contributed by atoms with Crippen molar-refractivity contribution in [1.29, 1.82) is 0 Å². The Balaban J connectivity index is 0.000000180. The van der Waals surface area contributed by atoms with Gasteiger partial charge in [0.15, 0.2) is 0 Å². The fraction of sp³-hybridized carbons (Fsp3) is 0. The van der Waals surface area contributed by atoms with Crippen LogP contribution in [0.3, 0.4) is 0 Å². The fourth-order valence-electron chi connectivity index (χ4n) is 0.976. The predicted molar refractivity (Wildman–Crippen MR) is 57.1 cm³/mol. The van der Waals surface area contributed by atoms with Crippen LogP contribution in [-0.4, -0.2) is 21.9 Å². The molecule has 0 aliphatic rings. The summed E-state index contributed by atoms with van der Waals surface area (Å²) in [6, 6.07) is 5.54. The summed E-state index contributed by atoms with van der Waals surface area (Å²) in [5.41, 5.74) is 0.315. The van der Waals surface area contributed by atoms with Crippen LogP contribution < -0.4 is 10.2 Å². The number of aromatic carboxylic acids is 2. The number of aromatic nitrogens is 2. The molecule has 0 saturated heterocycles. The molecule has 0 N–H and O–H groups in total. The molecule has 0 unspecified atom stereocenters. The van der Waals surface area contributed by atoms with Crippen LogP contribution in [0.4, 0.5) is 0 Å². The Kier molecular flexibility index (Phi) is 4.98. The minimum atomic E-state index is -1.17. The van der Waals surface area contributed by atoms with Crippen molar-refractivity contribution in [2.24, 2.45) is 0 Å². The lowest BCUT2D eigenvalue weighted by Gasteiger charge is -1.97. The van der Waals surface area contributed by atoms with E-state index in [4.69, 9.17) is 0 Å². The maximum absolute atomic E-state index is 10.1. The molecule has 0 aliphatic heterocycles. The van der Waals surface area contributed by atoms with Crippen LogP contribution in [0, 0.1) is 0 Å². The first-order valence-electron chi connectivity index (χ1n) is 4.84. The molecule has 6 heteroatoms. The Hall–Kier alpha value is -2.76. The van der Waals surface area contributed by atoms with E-state index in [1.165, 1.54) is 49.1 Å². The molecule has 0 aromatic carbocycles. The zero-order chi connectivity index (χ0) is 13.4. The van der Waals surface area contributed by atoms with Crippen LogP contribution >= 0.6 is 0 Å². The van der Waals surface area contributed by atoms with E-state index >= 15 is 0 Å². The summed E-state index contributed by atoms with van der Waals surface area (Å²) < 4.78 is 0. The Labute approximate surface area is 103 Å². The molecule has 92 valence electrons. The summed E-state index contributed by atoms with van der Waals surface area (Å²) in [5.74, 6) is -2.34. The molecule has 0 aliphatic carbocycles. The third-order valence-corrected chi connectivity index (χ3v) is 1.83. The quantitative estimate of drug-likeness (QED) is 0.663. The van der Waals surface area contributed by atoms with Crippen molar-refractivity contribution in [1.82, 2.24) is 9.97 Å². The first kappa shape index (κ1) is 13.3. The highest BCUT2D eigenvalue weighted by Gasteiger charge is 1.87. The molecule has 0 saturated carbocycles. The highest BCUT2D eigenvalue weighted by molar-refractivity contribution is 5.85. The van der Waals surface area contributed by atoms with Crippen LogP contribution in [0.15, 0.2) is 49.1 Å². The third-order valence-electron chi connectivity index (χ3n) is 1.83. The van der Waals surface area contributed by atoms with E-state index in [2.05, 4.69) is 9.97 Å². The molecule has 0 atom stereocenters. The molecule has 0 bridgehead atoms. The number of carbonyl (C=O) groups is 2. The average molecular weight is 244 g/mol. The van der Waals surface area contributed by atoms with Gasteiger partial charge in [0.05, 0.1) is 11.9 Å². The zero-order valence-electron chi connectivity index (χ0n) is 9.15. The van der Waals surface area contributed by atoms with Gasteiger partial charge < -0.3 is 19.8 Å². The van der Waals surface area contributed by atoms with Crippen molar-refractivity contribution < 1.29 is 19.8 Å². The molecule has 2 rings (SSSR count). The fourth-order valence-corrected chi connectivity index (χ4v) is 0.976. The van der Waals surface area contributed by atoms with Crippen molar-refractivity contribution in [2.75, 3.05) is 0 Å². The Morgan fingerprint density at radius 2 is 1.00 bits per heavy atom. The van der Waals surface area contributed by atoms with Gasteiger partial charge in [-0.3, -0.25) is 9.97 Å². The second kappa shape index (κ2) is 6.74. The van der Waals surface area contributed by atoms with Gasteiger partial charge in [0, 0.05) is 35.9 Å². The SMILES string of the molecule is O=C([O-])c1ccncc1.O=C([O-])c1ccncc1. The number of hydrogen-bond donors (Lipinski definition) is 0. The monoisotopic (exact) mass is 244 g/mol. The van der Waals surface area contributed by atoms with Crippen molar-refractivity contribution in [3.8, 4) is 0 Å². The minimum Gasteiger partial charge on any atom is -0.545 e. The lowest BCUT2D eigenvalue weighted by molar-refractivity contribution is -0.256. The number of rotatable bonds is 2. The molecule has 2 aromatic rings. The molecule has 18 heavy (non-hydrogen) atoms. The van der Waals surface area contributed by atoms with E-state index in [9.17, 15) is 19.8 Å². The summed E-state index contributed by atoms with van der Waals surface area (Å²) in [6.45, 7) is 0. The van der Waals surface area contributed by atoms with Crippen LogP contribution in [0.25, 0.3) is 0 Å². The molecule has 0 amide bonds. The highest BCUT2D eigenvalue weighted by atomic mass is 16.4. The summed E-state index contributed by atoms with van der Waals surface area (Å²) in [6.07, 6.45) is 5.63. The lowest BCUT2D eigenvalue weighted by Crippen LogP contribution is -2.21. The van der Waals surface area contributed by atoms with Gasteiger partial charge >= 0.3 is 0 Å². The lowest BCUT2D eigenvalue weighted by atomic mass is 10.3. The minimum absolute atomic E-state index is 0.157. The summed E-state index contributed by atoms with van der Waals surface area (Å²) in [7, 11) is 0. The third kappa shape index (κ3) is 4.40. The summed E-state index contributed by atoms with van der Waals surface area (Å²) in [4.78, 5) is 27.4. The number of pyridine rings is 2. The van der Waals surface area contributed by atoms with E-state index in [-0.39, 0.29) is 11.1 Å². The van der Waals surface area contributed by atoms with E-state index in [1.807, 2.05) is 0 Å². The predicted octanol–water partition coefficient (Wildman–Crippen LogP) is -1.11. The van der Waals surface area contributed by atoms with Crippen LogP contribution in [0.2, 0.25) is 0 Å². The molecular weight excluding hydrogens is 236 g/mol. The molecule has 6 nitrogen and oxygen atoms in total. The van der Waals surface area contributed by atoms with Crippen molar-refractivity contribution in [3.63, 3.8) is 0 Å². The van der Waals surface area contributed by atoms with Gasteiger partial charge in [-0.05, 0) is 24.3 Å². The van der Waals surface area contributed by atoms with Crippen LogP contribution in [0.1, 0.15) is 20.7 Å². The first-order valence-corrected chi connectivity index (χ1v) is 4.84. The molecule has 2 heterocycles. The van der Waals surface area contributed by atoms with Crippen LogP contribution in [-0.2, 0) is 0 Å². The standard InChI is InChI=1S/2C6H5NO2/c2*8-6(9)5-1-3-7-4-2-5/h2*1-4H,(H,8,9)/p-2. The van der Waals surface area contributed by atoms with E-state index in [1.54, 1.807) is 0 Å². The normalized spacial score (nSPS) is 8.89. The number of carbonyl (C=O) groups excluding carboxylic acids is 2. The molecule has 2 aromatic heterocycles. The van der Waals surface area contributed by atoms with Crippen molar-refractivity contribution in [2.45, 2.75) is 0 Å². The smallest absolute Gasteiger partial charge is 0.0716 e. The number of carboxylic acid groups (broad SMARTS) is 2. The Morgan fingerprint density at radius 1 is 0.722 bits per heavy atom. The topological polar surface area (TPSA) is 106 Å². The van der Waals surface area contributed by atoms with E-state index < -0.39 is 11.9 Å². The van der Waals surface area contributed by atoms with Gasteiger partial charge in [0.2, 0.25) is 0 Å². The summed E-state index contributed by atoms with van der Waals surface area (Å²) >= 11 is 0. The second-order valence-corrected chi connectivity index (χ2v) is 3.05. The van der Waals surface area contributed by atoms with Crippen molar-refractivity contribution in [3.05, 3.63) is 60.2 Å². The summed E-state index contributed by atoms with van der Waals surface area (Å²) in [5, 5.41) is 20.1. The molecule has 0 spiro atoms. The first-order chi connectivity index (χ1) is 8.61. The van der Waals surface area contributed by atoms with Gasteiger partial charge in [-0.25, -0.2) is 0 Å². The number of hydrogen-bond acceptors (Lipinski definition) is 6. The highest BCUT2D eigenvalue weighted by Crippen LogP contribution is 1.92. The molecular formula is C12H8N2O4-2. The maximum atomic E-state index is 10.1. The van der Waals surface area contributed by atoms with Gasteiger partial charge in [0.25, 0.3) is 0 Å². The Bertz CT molecular complexity index is 465. The second-order valence-electron chi connectivity index (χ2n) is 3.05. The largest absolute Gasteiger partial charge is 0.545 e. The Morgan fingerprint density at radius 3 is 1.17 bits per heavy atom. The number of nitrogens with zero attached hydrogens (tertiary/aromatic N) is 2. The van der Waals surface area contributed by atoms with Gasteiger partial charge in [0.1, 0.15) is 0 Å². The van der Waals surface area contributed by atoms with Gasteiger partial charge in [-0.1, -0.05) is 0 Å². The van der Waals surface area contributed by atoms with Crippen molar-refractivity contribution >= 4 is 11.9 Å².